The largest absolute Gasteiger partial charge is 0.496 e. The summed E-state index contributed by atoms with van der Waals surface area (Å²) in [7, 11) is -0.148. The maximum Gasteiger partial charge on any atom is 0.277 e. The van der Waals surface area contributed by atoms with Crippen molar-refractivity contribution in [1.29, 1.82) is 0 Å². The van der Waals surface area contributed by atoms with Gasteiger partial charge in [-0.15, -0.1) is 0 Å². The maximum atomic E-state index is 13.3. The Hall–Kier alpha value is -2.65. The summed E-state index contributed by atoms with van der Waals surface area (Å²) in [6.07, 6.45) is 7.00. The molecule has 1 aliphatic carbocycles. The van der Waals surface area contributed by atoms with Crippen LogP contribution in [0.3, 0.4) is 0 Å². The van der Waals surface area contributed by atoms with E-state index in [4.69, 9.17) is 19.2 Å². The van der Waals surface area contributed by atoms with Crippen molar-refractivity contribution in [2.45, 2.75) is 96.5 Å². The molecule has 0 spiro atoms. The van der Waals surface area contributed by atoms with Gasteiger partial charge in [-0.1, -0.05) is 40.0 Å². The highest BCUT2D eigenvalue weighted by molar-refractivity contribution is 6.74. The van der Waals surface area contributed by atoms with E-state index in [9.17, 15) is 4.79 Å². The fourth-order valence-electron chi connectivity index (χ4n) is 5.63. The molecule has 3 heterocycles. The lowest BCUT2D eigenvalue weighted by Crippen LogP contribution is -2.44. The molecule has 0 bridgehead atoms. The number of anilines is 1. The topological polar surface area (TPSA) is 85.3 Å². The van der Waals surface area contributed by atoms with Crippen molar-refractivity contribution in [1.82, 2.24) is 19.7 Å². The van der Waals surface area contributed by atoms with Crippen LogP contribution in [0.5, 0.6) is 5.75 Å². The second-order valence-corrected chi connectivity index (χ2v) is 17.3. The zero-order valence-electron chi connectivity index (χ0n) is 24.1. The summed E-state index contributed by atoms with van der Waals surface area (Å²) in [6.45, 7) is 15.2. The molecule has 2 aromatic heterocycles. The number of benzene rings is 1. The molecule has 0 unspecified atom stereocenters. The van der Waals surface area contributed by atoms with Crippen LogP contribution in [0.25, 0.3) is 22.4 Å². The Morgan fingerprint density at radius 3 is 2.53 bits per heavy atom. The molecule has 3 aromatic rings. The molecule has 206 valence electrons. The number of methoxy groups -OCH3 is 1. The van der Waals surface area contributed by atoms with Gasteiger partial charge in [0, 0.05) is 24.8 Å². The summed E-state index contributed by atoms with van der Waals surface area (Å²) in [5, 5.41) is 4.95. The summed E-state index contributed by atoms with van der Waals surface area (Å²) < 4.78 is 14.4. The average molecular weight is 538 g/mol. The Morgan fingerprint density at radius 1 is 1.11 bits per heavy atom. The van der Waals surface area contributed by atoms with Gasteiger partial charge in [-0.25, -0.2) is 4.98 Å². The summed E-state index contributed by atoms with van der Waals surface area (Å²) in [5.41, 5.74) is 3.76. The molecule has 1 atom stereocenters. The highest BCUT2D eigenvalue weighted by atomic mass is 28.4. The van der Waals surface area contributed by atoms with Crippen molar-refractivity contribution in [3.63, 3.8) is 0 Å². The lowest BCUT2D eigenvalue weighted by Gasteiger charge is -2.38. The van der Waals surface area contributed by atoms with Crippen LogP contribution in [0.2, 0.25) is 18.1 Å². The maximum absolute atomic E-state index is 13.3. The molecule has 38 heavy (non-hydrogen) atoms. The molecule has 5 rings (SSSR count). The number of hydrogen-bond donors (Lipinski definition) is 1. The number of aryl methyl sites for hydroxylation is 1. The monoisotopic (exact) mass is 537 g/mol. The molecule has 9 heteroatoms. The van der Waals surface area contributed by atoms with Crippen LogP contribution in [0.15, 0.2) is 23.0 Å². The van der Waals surface area contributed by atoms with Gasteiger partial charge in [0.2, 0.25) is 0 Å². The number of aromatic amines is 1. The van der Waals surface area contributed by atoms with Gasteiger partial charge in [-0.05, 0) is 56.5 Å². The first kappa shape index (κ1) is 26.9. The van der Waals surface area contributed by atoms with Gasteiger partial charge in [0.1, 0.15) is 17.1 Å². The molecule has 2 aliphatic rings. The van der Waals surface area contributed by atoms with Gasteiger partial charge in [-0.2, -0.15) is 5.10 Å². The second-order valence-electron chi connectivity index (χ2n) is 12.6. The summed E-state index contributed by atoms with van der Waals surface area (Å²) >= 11 is 0. The van der Waals surface area contributed by atoms with Gasteiger partial charge >= 0.3 is 0 Å². The first-order chi connectivity index (χ1) is 18.0. The molecule has 1 aromatic carbocycles. The smallest absolute Gasteiger partial charge is 0.277 e. The minimum atomic E-state index is -1.81. The number of rotatable bonds is 6. The zero-order chi connectivity index (χ0) is 27.2. The van der Waals surface area contributed by atoms with Crippen LogP contribution in [0.4, 0.5) is 5.69 Å². The fraction of sp³-hybridized carbons (Fsp3) is 0.621. The van der Waals surface area contributed by atoms with Crippen molar-refractivity contribution in [2.75, 3.05) is 25.1 Å². The van der Waals surface area contributed by atoms with E-state index in [0.29, 0.717) is 22.6 Å². The van der Waals surface area contributed by atoms with E-state index in [-0.39, 0.29) is 22.7 Å². The molecular weight excluding hydrogens is 494 g/mol. The van der Waals surface area contributed by atoms with Crippen LogP contribution in [0, 0.1) is 6.92 Å². The quantitative estimate of drug-likeness (QED) is 0.376. The molecule has 1 saturated carbocycles. The molecular formula is C29H43N5O3Si. The number of H-pyrrole nitrogens is 1. The standard InChI is InChI=1S/C29H43N5O3Si/c1-19-25-26(34(32-19)20-11-9-8-10-12-20)28(35)31-27(30-25)23-14-13-21(17-24(23)36-5)33-16-15-22(18-33)37-38(6,7)29(2,3)4/h13-14,17,20,22H,8-12,15-16,18H2,1-7H3,(H,30,31,35)/t22-/m1/s1. The third kappa shape index (κ3) is 5.02. The van der Waals surface area contributed by atoms with Crippen LogP contribution < -0.4 is 15.2 Å². The van der Waals surface area contributed by atoms with E-state index in [1.54, 1.807) is 7.11 Å². The number of aromatic nitrogens is 4. The Bertz CT molecular complexity index is 1370. The summed E-state index contributed by atoms with van der Waals surface area (Å²) in [4.78, 5) is 23.6. The number of hydrogen-bond acceptors (Lipinski definition) is 6. The zero-order valence-corrected chi connectivity index (χ0v) is 25.1. The van der Waals surface area contributed by atoms with E-state index in [1.807, 2.05) is 23.7 Å². The number of nitrogens with one attached hydrogen (secondary N) is 1. The van der Waals surface area contributed by atoms with Crippen molar-refractivity contribution < 1.29 is 9.16 Å². The Balaban J connectivity index is 1.41. The molecule has 8 nitrogen and oxygen atoms in total. The summed E-state index contributed by atoms with van der Waals surface area (Å²) in [5.74, 6) is 1.20. The number of ether oxygens (including phenoxy) is 1. The highest BCUT2D eigenvalue weighted by Crippen LogP contribution is 2.39. The van der Waals surface area contributed by atoms with E-state index in [0.717, 1.165) is 49.3 Å². The number of fused-ring (bicyclic) bond motifs is 1. The van der Waals surface area contributed by atoms with Crippen LogP contribution in [0.1, 0.15) is 71.0 Å². The van der Waals surface area contributed by atoms with Crippen molar-refractivity contribution in [3.8, 4) is 17.1 Å². The number of nitrogens with zero attached hydrogens (tertiary/aromatic N) is 4. The molecule has 1 aliphatic heterocycles. The predicted molar refractivity (Wildman–Crippen MR) is 156 cm³/mol. The normalized spacial score (nSPS) is 19.4. The Morgan fingerprint density at radius 2 is 1.84 bits per heavy atom. The predicted octanol–water partition coefficient (Wildman–Crippen LogP) is 6.21. The third-order valence-corrected chi connectivity index (χ3v) is 13.4. The van der Waals surface area contributed by atoms with Crippen LogP contribution in [-0.2, 0) is 4.43 Å². The molecule has 0 amide bonds. The fourth-order valence-corrected chi connectivity index (χ4v) is 7.01. The average Bonchev–Trinajstić information content (AvgIpc) is 3.48. The van der Waals surface area contributed by atoms with Crippen LogP contribution >= 0.6 is 0 Å². The van der Waals surface area contributed by atoms with Crippen molar-refractivity contribution in [3.05, 3.63) is 34.2 Å². The first-order valence-electron chi connectivity index (χ1n) is 14.1. The minimum Gasteiger partial charge on any atom is -0.496 e. The lowest BCUT2D eigenvalue weighted by atomic mass is 9.95. The van der Waals surface area contributed by atoms with E-state index in [1.165, 1.54) is 19.3 Å². The third-order valence-electron chi connectivity index (χ3n) is 8.86. The molecule has 0 radical (unpaired) electrons. The van der Waals surface area contributed by atoms with Gasteiger partial charge in [0.05, 0.1) is 30.5 Å². The van der Waals surface area contributed by atoms with Crippen molar-refractivity contribution >= 4 is 25.0 Å². The Labute approximate surface area is 226 Å². The van der Waals surface area contributed by atoms with Crippen molar-refractivity contribution in [2.24, 2.45) is 0 Å². The first-order valence-corrected chi connectivity index (χ1v) is 17.0. The van der Waals surface area contributed by atoms with Gasteiger partial charge in [-0.3, -0.25) is 9.48 Å². The van der Waals surface area contributed by atoms with Crippen LogP contribution in [-0.4, -0.2) is 54.4 Å². The molecule has 2 fully saturated rings. The Kier molecular flexibility index (Phi) is 7.19. The van der Waals surface area contributed by atoms with E-state index < -0.39 is 8.32 Å². The van der Waals surface area contributed by atoms with E-state index in [2.05, 4.69) is 49.8 Å². The highest BCUT2D eigenvalue weighted by Gasteiger charge is 2.40. The van der Waals surface area contributed by atoms with E-state index >= 15 is 0 Å². The lowest BCUT2D eigenvalue weighted by molar-refractivity contribution is 0.202. The van der Waals surface area contributed by atoms with Gasteiger partial charge in [0.15, 0.2) is 13.8 Å². The molecule has 1 N–H and O–H groups in total. The summed E-state index contributed by atoms with van der Waals surface area (Å²) in [6, 6.07) is 6.41. The second kappa shape index (κ2) is 10.1. The molecule has 1 saturated heterocycles. The SMILES string of the molecule is COc1cc(N2CC[C@@H](O[Si](C)(C)C(C)(C)C)C2)ccc1-c1nc2c(C)nn(C3CCCCC3)c2c(=O)[nH]1. The van der Waals surface area contributed by atoms with Gasteiger partial charge < -0.3 is 19.0 Å². The minimum absolute atomic E-state index is 0.146. The van der Waals surface area contributed by atoms with Gasteiger partial charge in [0.25, 0.3) is 5.56 Å².